The number of carbonyl (C=O) groups excluding carboxylic acids is 1. The Labute approximate surface area is 259 Å². The molecule has 230 valence electrons. The number of amides is 1. The molecule has 7 heteroatoms. The van der Waals surface area contributed by atoms with Gasteiger partial charge in [0.25, 0.3) is 5.91 Å². The molecule has 7 nitrogen and oxygen atoms in total. The predicted molar refractivity (Wildman–Crippen MR) is 174 cm³/mol. The highest BCUT2D eigenvalue weighted by Gasteiger charge is 2.20. The number of hydrogen-bond donors (Lipinski definition) is 2. The lowest BCUT2D eigenvalue weighted by molar-refractivity contribution is -0.139. The van der Waals surface area contributed by atoms with Crippen molar-refractivity contribution in [1.82, 2.24) is 5.32 Å². The maximum atomic E-state index is 13.4. The first-order valence-electron chi connectivity index (χ1n) is 15.1. The van der Waals surface area contributed by atoms with E-state index in [9.17, 15) is 14.7 Å². The number of methoxy groups -OCH3 is 2. The van der Waals surface area contributed by atoms with Crippen molar-refractivity contribution in [3.8, 4) is 39.5 Å². The molecule has 0 heterocycles. The molecule has 0 atom stereocenters. The van der Waals surface area contributed by atoms with Gasteiger partial charge < -0.3 is 24.6 Å². The molecule has 0 radical (unpaired) electrons. The number of carboxylic acid groups (broad SMARTS) is 1. The van der Waals surface area contributed by atoms with E-state index in [0.29, 0.717) is 40.5 Å². The van der Waals surface area contributed by atoms with E-state index in [0.717, 1.165) is 36.8 Å². The summed E-state index contributed by atoms with van der Waals surface area (Å²) in [5.74, 6) is 0.314. The lowest BCUT2D eigenvalue weighted by atomic mass is 9.93. The van der Waals surface area contributed by atoms with Gasteiger partial charge in [-0.1, -0.05) is 80.3 Å². The average molecular weight is 596 g/mol. The zero-order valence-electron chi connectivity index (χ0n) is 25.5. The van der Waals surface area contributed by atoms with Gasteiger partial charge in [-0.15, -0.1) is 0 Å². The van der Waals surface area contributed by atoms with Crippen LogP contribution < -0.4 is 19.5 Å². The fourth-order valence-corrected chi connectivity index (χ4v) is 5.17. The van der Waals surface area contributed by atoms with E-state index < -0.39 is 12.6 Å². The van der Waals surface area contributed by atoms with E-state index in [1.54, 1.807) is 26.4 Å². The molecule has 2 N–H and O–H groups in total. The molecule has 0 aliphatic carbocycles. The van der Waals surface area contributed by atoms with Crippen molar-refractivity contribution in [2.45, 2.75) is 44.9 Å². The van der Waals surface area contributed by atoms with Gasteiger partial charge in [0.2, 0.25) is 0 Å². The minimum Gasteiger partial charge on any atom is -0.497 e. The van der Waals surface area contributed by atoms with Gasteiger partial charge in [0, 0.05) is 23.2 Å². The Kier molecular flexibility index (Phi) is 12.2. The van der Waals surface area contributed by atoms with Crippen LogP contribution in [0.15, 0.2) is 91.0 Å². The van der Waals surface area contributed by atoms with Crippen molar-refractivity contribution in [3.05, 3.63) is 102 Å². The molecule has 0 aliphatic rings. The van der Waals surface area contributed by atoms with Crippen LogP contribution in [0.3, 0.4) is 0 Å². The number of hydrogen-bond acceptors (Lipinski definition) is 5. The third-order valence-corrected chi connectivity index (χ3v) is 7.47. The van der Waals surface area contributed by atoms with Gasteiger partial charge in [-0.3, -0.25) is 4.79 Å². The van der Waals surface area contributed by atoms with Crippen LogP contribution in [0.4, 0.5) is 0 Å². The van der Waals surface area contributed by atoms with Crippen LogP contribution in [0.5, 0.6) is 17.2 Å². The molecule has 4 rings (SSSR count). The van der Waals surface area contributed by atoms with Crippen molar-refractivity contribution in [2.75, 3.05) is 27.4 Å². The molecule has 4 aromatic carbocycles. The van der Waals surface area contributed by atoms with Gasteiger partial charge in [0.1, 0.15) is 17.2 Å². The summed E-state index contributed by atoms with van der Waals surface area (Å²) in [5, 5.41) is 12.5. The molecule has 0 saturated carbocycles. The molecule has 0 aliphatic heterocycles. The molecule has 0 saturated heterocycles. The van der Waals surface area contributed by atoms with Gasteiger partial charge in [-0.2, -0.15) is 0 Å². The minimum atomic E-state index is -1.10. The standard InChI is InChI=1S/C37H41NO6/c1-42-31-19-12-17-28(22-31)33-24-30(25-34(36(33)44-26-35(39)40)29-18-13-20-32(23-29)43-2)37(41)38-21-11-6-4-3-5-8-14-27-15-9-7-10-16-27/h7,9-10,12-13,15-20,22-25H,3-6,8,11,14,21,26H2,1-2H3,(H,38,41)(H,39,40). The normalized spacial score (nSPS) is 10.7. The number of unbranched alkanes of at least 4 members (excludes halogenated alkanes) is 5. The van der Waals surface area contributed by atoms with Gasteiger partial charge in [-0.05, 0) is 72.4 Å². The Morgan fingerprint density at radius 3 is 1.82 bits per heavy atom. The number of ether oxygens (including phenoxy) is 3. The van der Waals surface area contributed by atoms with Crippen molar-refractivity contribution < 1.29 is 28.9 Å². The largest absolute Gasteiger partial charge is 0.497 e. The summed E-state index contributed by atoms with van der Waals surface area (Å²) in [6, 6.07) is 28.8. The van der Waals surface area contributed by atoms with Crippen molar-refractivity contribution in [2.24, 2.45) is 0 Å². The molecule has 44 heavy (non-hydrogen) atoms. The Balaban J connectivity index is 1.48. The topological polar surface area (TPSA) is 94.1 Å². The quantitative estimate of drug-likeness (QED) is 0.121. The second-order valence-electron chi connectivity index (χ2n) is 10.7. The lowest BCUT2D eigenvalue weighted by Gasteiger charge is -2.19. The molecule has 0 unspecified atom stereocenters. The van der Waals surface area contributed by atoms with Crippen molar-refractivity contribution in [3.63, 3.8) is 0 Å². The number of nitrogens with one attached hydrogen (secondary N) is 1. The predicted octanol–water partition coefficient (Wildman–Crippen LogP) is 7.81. The Bertz CT molecular complexity index is 1450. The molecule has 0 spiro atoms. The van der Waals surface area contributed by atoms with Crippen LogP contribution >= 0.6 is 0 Å². The van der Waals surface area contributed by atoms with Gasteiger partial charge >= 0.3 is 5.97 Å². The lowest BCUT2D eigenvalue weighted by Crippen LogP contribution is -2.24. The first kappa shape index (κ1) is 32.1. The third kappa shape index (κ3) is 9.36. The summed E-state index contributed by atoms with van der Waals surface area (Å²) in [6.07, 6.45) is 7.79. The van der Waals surface area contributed by atoms with E-state index in [1.807, 2.05) is 54.6 Å². The second kappa shape index (κ2) is 16.8. The number of rotatable bonds is 17. The maximum Gasteiger partial charge on any atom is 0.341 e. The molecule has 4 aromatic rings. The summed E-state index contributed by atoms with van der Waals surface area (Å²) in [4.78, 5) is 25.0. The fraction of sp³-hybridized carbons (Fsp3) is 0.297. The number of benzene rings is 4. The van der Waals surface area contributed by atoms with Gasteiger partial charge in [-0.25, -0.2) is 4.79 Å². The molecule has 0 fully saturated rings. The van der Waals surface area contributed by atoms with Crippen LogP contribution in [0, 0.1) is 0 Å². The van der Waals surface area contributed by atoms with Crippen LogP contribution in [-0.4, -0.2) is 44.4 Å². The monoisotopic (exact) mass is 595 g/mol. The van der Waals surface area contributed by atoms with E-state index in [2.05, 4.69) is 29.6 Å². The number of carboxylic acids is 1. The average Bonchev–Trinajstić information content (AvgIpc) is 3.06. The highest BCUT2D eigenvalue weighted by molar-refractivity contribution is 5.99. The summed E-state index contributed by atoms with van der Waals surface area (Å²) in [7, 11) is 3.16. The molecule has 0 aromatic heterocycles. The number of carbonyl (C=O) groups is 2. The van der Waals surface area contributed by atoms with Crippen LogP contribution in [0.2, 0.25) is 0 Å². The Morgan fingerprint density at radius 1 is 0.682 bits per heavy atom. The summed E-state index contributed by atoms with van der Waals surface area (Å²) in [6.45, 7) is 0.0365. The van der Waals surface area contributed by atoms with Crippen LogP contribution in [0.25, 0.3) is 22.3 Å². The first-order valence-corrected chi connectivity index (χ1v) is 15.1. The van der Waals surface area contributed by atoms with E-state index in [4.69, 9.17) is 14.2 Å². The van der Waals surface area contributed by atoms with Crippen molar-refractivity contribution >= 4 is 11.9 Å². The highest BCUT2D eigenvalue weighted by atomic mass is 16.5. The number of aryl methyl sites for hydroxylation is 1. The summed E-state index contributed by atoms with van der Waals surface area (Å²) >= 11 is 0. The summed E-state index contributed by atoms with van der Waals surface area (Å²) < 4.78 is 16.8. The SMILES string of the molecule is COc1cccc(-c2cc(C(=O)NCCCCCCCCc3ccccc3)cc(-c3cccc(OC)c3)c2OCC(=O)O)c1. The zero-order chi connectivity index (χ0) is 31.1. The molecule has 1 amide bonds. The Hall–Kier alpha value is -4.78. The van der Waals surface area contributed by atoms with E-state index >= 15 is 0 Å². The fourth-order valence-electron chi connectivity index (χ4n) is 5.17. The van der Waals surface area contributed by atoms with E-state index in [1.165, 1.54) is 24.8 Å². The Morgan fingerprint density at radius 2 is 1.25 bits per heavy atom. The third-order valence-electron chi connectivity index (χ3n) is 7.47. The smallest absolute Gasteiger partial charge is 0.341 e. The first-order chi connectivity index (χ1) is 21.5. The molecular weight excluding hydrogens is 554 g/mol. The van der Waals surface area contributed by atoms with Crippen LogP contribution in [0.1, 0.15) is 54.4 Å². The maximum absolute atomic E-state index is 13.4. The zero-order valence-corrected chi connectivity index (χ0v) is 25.5. The van der Waals surface area contributed by atoms with Crippen molar-refractivity contribution in [1.29, 1.82) is 0 Å². The molecule has 0 bridgehead atoms. The van der Waals surface area contributed by atoms with Crippen LogP contribution in [-0.2, 0) is 11.2 Å². The minimum absolute atomic E-state index is 0.203. The second-order valence-corrected chi connectivity index (χ2v) is 10.7. The highest BCUT2D eigenvalue weighted by Crippen LogP contribution is 2.42. The van der Waals surface area contributed by atoms with Gasteiger partial charge in [0.15, 0.2) is 6.61 Å². The number of aliphatic carboxylic acids is 1. The summed E-state index contributed by atoms with van der Waals surface area (Å²) in [5.41, 5.74) is 4.48. The molecular formula is C37H41NO6. The van der Waals surface area contributed by atoms with E-state index in [-0.39, 0.29) is 5.91 Å². The van der Waals surface area contributed by atoms with Gasteiger partial charge in [0.05, 0.1) is 14.2 Å².